The Kier molecular flexibility index (Phi) is 4.53. The van der Waals surface area contributed by atoms with Crippen LogP contribution in [0.5, 0.6) is 17.2 Å². The molecule has 0 unspecified atom stereocenters. The maximum absolute atomic E-state index is 9.69. The molecule has 22 heavy (non-hydrogen) atoms. The van der Waals surface area contributed by atoms with Crippen LogP contribution in [0.1, 0.15) is 11.3 Å². The molecule has 0 radical (unpaired) electrons. The molecule has 2 aromatic carbocycles. The molecule has 4 nitrogen and oxygen atoms in total. The molecule has 5 heteroatoms. The molecular weight excluding hydrogens is 304 g/mol. The lowest BCUT2D eigenvalue weighted by atomic mass is 10.1. The molecule has 0 atom stereocenters. The van der Waals surface area contributed by atoms with E-state index in [-0.39, 0.29) is 29.7 Å². The van der Waals surface area contributed by atoms with Crippen molar-refractivity contribution < 1.29 is 32.1 Å². The Morgan fingerprint density at radius 1 is 0.773 bits per heavy atom. The lowest BCUT2D eigenvalue weighted by Gasteiger charge is -1.98. The molecule has 0 fully saturated rings. The Bertz CT molecular complexity index is 843. The number of fused-ring (bicyclic) bond motifs is 1. The second-order valence-electron chi connectivity index (χ2n) is 4.64. The Morgan fingerprint density at radius 3 is 2.32 bits per heavy atom. The summed E-state index contributed by atoms with van der Waals surface area (Å²) in [6.45, 7) is 0. The molecule has 3 rings (SSSR count). The van der Waals surface area contributed by atoms with Crippen LogP contribution in [0.2, 0.25) is 0 Å². The molecular formula is C17H13ClO4. The average Bonchev–Trinajstić information content (AvgIpc) is 2.48. The van der Waals surface area contributed by atoms with Gasteiger partial charge in [-0.15, -0.1) is 0 Å². The normalized spacial score (nSPS) is 10.7. The van der Waals surface area contributed by atoms with E-state index in [0.717, 1.165) is 5.39 Å². The number of rotatable bonds is 2. The molecule has 0 amide bonds. The zero-order valence-electron chi connectivity index (χ0n) is 11.4. The summed E-state index contributed by atoms with van der Waals surface area (Å²) in [4.78, 5) is 0. The highest BCUT2D eigenvalue weighted by molar-refractivity contribution is 5.80. The molecule has 0 saturated heterocycles. The Morgan fingerprint density at radius 2 is 1.50 bits per heavy atom. The molecule has 3 N–H and O–H groups in total. The average molecular weight is 317 g/mol. The molecule has 0 spiro atoms. The second-order valence-corrected chi connectivity index (χ2v) is 4.64. The van der Waals surface area contributed by atoms with Gasteiger partial charge in [-0.2, -0.15) is 0 Å². The summed E-state index contributed by atoms with van der Waals surface area (Å²) in [5.74, 6) is 0.940. The van der Waals surface area contributed by atoms with E-state index in [9.17, 15) is 15.3 Å². The molecule has 112 valence electrons. The minimum absolute atomic E-state index is 0. The number of aromatic hydroxyl groups is 3. The van der Waals surface area contributed by atoms with Crippen LogP contribution in [0.25, 0.3) is 23.1 Å². The zero-order chi connectivity index (χ0) is 14.8. The molecule has 0 saturated carbocycles. The summed E-state index contributed by atoms with van der Waals surface area (Å²) in [7, 11) is 0. The summed E-state index contributed by atoms with van der Waals surface area (Å²) >= 11 is 0. The van der Waals surface area contributed by atoms with Crippen molar-refractivity contribution in [1.29, 1.82) is 0 Å². The highest BCUT2D eigenvalue weighted by Crippen LogP contribution is 2.25. The molecule has 0 aliphatic carbocycles. The van der Waals surface area contributed by atoms with Crippen LogP contribution in [0.15, 0.2) is 52.9 Å². The Hall–Kier alpha value is -2.72. The van der Waals surface area contributed by atoms with E-state index in [4.69, 9.17) is 4.42 Å². The molecule has 0 aliphatic heterocycles. The van der Waals surface area contributed by atoms with E-state index in [1.54, 1.807) is 36.4 Å². The quantitative estimate of drug-likeness (QED) is 0.487. The van der Waals surface area contributed by atoms with Crippen molar-refractivity contribution in [3.8, 4) is 17.2 Å². The van der Waals surface area contributed by atoms with Crippen LogP contribution in [-0.2, 0) is 0 Å². The molecule has 3 aromatic rings. The minimum atomic E-state index is 0. The fourth-order valence-electron chi connectivity index (χ4n) is 2.03. The first-order valence-electron chi connectivity index (χ1n) is 6.38. The number of hydrogen-bond donors (Lipinski definition) is 3. The first kappa shape index (κ1) is 15.7. The van der Waals surface area contributed by atoms with Gasteiger partial charge in [-0.25, -0.2) is 4.42 Å². The molecule has 0 aliphatic rings. The van der Waals surface area contributed by atoms with Crippen LogP contribution >= 0.6 is 0 Å². The smallest absolute Gasteiger partial charge is 0.361 e. The summed E-state index contributed by atoms with van der Waals surface area (Å²) < 4.78 is 5.67. The first-order valence-corrected chi connectivity index (χ1v) is 6.38. The maximum Gasteiger partial charge on any atom is 0.361 e. The van der Waals surface area contributed by atoms with Crippen LogP contribution < -0.4 is 12.4 Å². The monoisotopic (exact) mass is 316 g/mol. The fraction of sp³-hybridized carbons (Fsp3) is 0. The third kappa shape index (κ3) is 3.30. The Balaban J connectivity index is 0.00000176. The summed E-state index contributed by atoms with van der Waals surface area (Å²) in [5, 5.41) is 29.3. The molecule has 1 heterocycles. The van der Waals surface area contributed by atoms with Gasteiger partial charge < -0.3 is 27.7 Å². The van der Waals surface area contributed by atoms with Crippen molar-refractivity contribution in [2.75, 3.05) is 0 Å². The highest BCUT2D eigenvalue weighted by Gasteiger charge is 2.10. The second kappa shape index (κ2) is 6.37. The van der Waals surface area contributed by atoms with E-state index in [1.165, 1.54) is 18.2 Å². The summed E-state index contributed by atoms with van der Waals surface area (Å²) in [6, 6.07) is 12.8. The van der Waals surface area contributed by atoms with Gasteiger partial charge in [0.2, 0.25) is 0 Å². The predicted molar refractivity (Wildman–Crippen MR) is 81.0 cm³/mol. The van der Waals surface area contributed by atoms with E-state index < -0.39 is 0 Å². The van der Waals surface area contributed by atoms with Gasteiger partial charge >= 0.3 is 11.3 Å². The highest BCUT2D eigenvalue weighted by atomic mass is 35.5. The van der Waals surface area contributed by atoms with Crippen molar-refractivity contribution in [3.63, 3.8) is 0 Å². The van der Waals surface area contributed by atoms with Crippen LogP contribution in [0.4, 0.5) is 0 Å². The number of hydrogen-bond acceptors (Lipinski definition) is 3. The van der Waals surface area contributed by atoms with Crippen molar-refractivity contribution in [2.24, 2.45) is 0 Å². The van der Waals surface area contributed by atoms with Gasteiger partial charge in [-0.1, -0.05) is 0 Å². The SMILES string of the molecule is Oc1ccc(O)c(/C=C\c2ccc3cc(O)ccc3[o+]2)c1.[Cl-]. The molecule has 1 aromatic heterocycles. The van der Waals surface area contributed by atoms with E-state index in [1.807, 2.05) is 6.07 Å². The largest absolute Gasteiger partial charge is 1.00 e. The van der Waals surface area contributed by atoms with E-state index >= 15 is 0 Å². The third-order valence-electron chi connectivity index (χ3n) is 3.09. The lowest BCUT2D eigenvalue weighted by Crippen LogP contribution is -3.00. The van der Waals surface area contributed by atoms with E-state index in [0.29, 0.717) is 16.9 Å². The predicted octanol–water partition coefficient (Wildman–Crippen LogP) is 1.01. The van der Waals surface area contributed by atoms with Crippen LogP contribution in [0.3, 0.4) is 0 Å². The van der Waals surface area contributed by atoms with Crippen molar-refractivity contribution in [3.05, 3.63) is 59.9 Å². The van der Waals surface area contributed by atoms with Gasteiger partial charge in [0.05, 0.1) is 5.39 Å². The van der Waals surface area contributed by atoms with Crippen molar-refractivity contribution in [1.82, 2.24) is 0 Å². The number of phenols is 3. The van der Waals surface area contributed by atoms with Crippen LogP contribution in [-0.4, -0.2) is 15.3 Å². The van der Waals surface area contributed by atoms with Gasteiger partial charge in [0, 0.05) is 23.8 Å². The maximum atomic E-state index is 9.69. The standard InChI is InChI=1S/C17H12O4.ClH/c18-13-3-7-16(20)11(9-13)1-5-15-6-2-12-10-14(19)4-8-17(12)21-15;/h1-10H,(H2-,18,19,20);1H/b5-1-;. The fourth-order valence-corrected chi connectivity index (χ4v) is 2.03. The number of benzene rings is 2. The van der Waals surface area contributed by atoms with Crippen molar-refractivity contribution >= 4 is 23.1 Å². The van der Waals surface area contributed by atoms with Crippen molar-refractivity contribution in [2.45, 2.75) is 0 Å². The van der Waals surface area contributed by atoms with Gasteiger partial charge in [0.15, 0.2) is 0 Å². The van der Waals surface area contributed by atoms with Gasteiger partial charge in [-0.3, -0.25) is 0 Å². The van der Waals surface area contributed by atoms with Gasteiger partial charge in [0.1, 0.15) is 17.2 Å². The van der Waals surface area contributed by atoms with Crippen LogP contribution in [0, 0.1) is 0 Å². The Labute approximate surface area is 133 Å². The zero-order valence-corrected chi connectivity index (χ0v) is 12.2. The van der Waals surface area contributed by atoms with Gasteiger partial charge in [-0.05, 0) is 42.5 Å². The first-order chi connectivity index (χ1) is 10.1. The summed E-state index contributed by atoms with van der Waals surface area (Å²) in [5.41, 5.74) is 1.14. The lowest BCUT2D eigenvalue weighted by molar-refractivity contribution is -0.00000762. The topological polar surface area (TPSA) is 72.0 Å². The third-order valence-corrected chi connectivity index (χ3v) is 3.09. The van der Waals surface area contributed by atoms with E-state index in [2.05, 4.69) is 0 Å². The van der Waals surface area contributed by atoms with Gasteiger partial charge in [0.25, 0.3) is 0 Å². The summed E-state index contributed by atoms with van der Waals surface area (Å²) in [6.07, 6.45) is 3.35. The minimum Gasteiger partial charge on any atom is -1.00 e. The molecule has 0 bridgehead atoms. The number of phenolic OH excluding ortho intramolecular Hbond substituents is 3. The number of halogens is 1.